The molecule has 1 fully saturated rings. The molecule has 0 atom stereocenters. The lowest BCUT2D eigenvalue weighted by Crippen LogP contribution is -2.45. The van der Waals surface area contributed by atoms with Gasteiger partial charge >= 0.3 is 0 Å². The molecule has 0 unspecified atom stereocenters. The molecule has 2 heterocycles. The largest absolute Gasteiger partial charge is 0.354 e. The molecule has 0 spiro atoms. The summed E-state index contributed by atoms with van der Waals surface area (Å²) in [6, 6.07) is 16.4. The highest BCUT2D eigenvalue weighted by Gasteiger charge is 2.31. The van der Waals surface area contributed by atoms with E-state index in [1.165, 1.54) is 0 Å². The summed E-state index contributed by atoms with van der Waals surface area (Å²) in [6.07, 6.45) is 0. The summed E-state index contributed by atoms with van der Waals surface area (Å²) in [5, 5.41) is 5.41. The first-order valence-corrected chi connectivity index (χ1v) is 13.8. The van der Waals surface area contributed by atoms with E-state index in [2.05, 4.69) is 16.8 Å². The number of likely N-dealkylation sites (N-methyl/N-ethyl adjacent to an activating group) is 1. The van der Waals surface area contributed by atoms with E-state index < -0.39 is 10.0 Å². The number of para-hydroxylation sites is 1. The Hall–Kier alpha value is -2.39. The van der Waals surface area contributed by atoms with Crippen molar-refractivity contribution >= 4 is 27.4 Å². The number of anilines is 1. The third-order valence-electron chi connectivity index (χ3n) is 6.32. The van der Waals surface area contributed by atoms with Gasteiger partial charge in [0.25, 0.3) is 0 Å². The van der Waals surface area contributed by atoms with Crippen molar-refractivity contribution in [3.63, 3.8) is 0 Å². The highest BCUT2D eigenvalue weighted by atomic mass is 35.5. The summed E-state index contributed by atoms with van der Waals surface area (Å²) in [7, 11) is -1.60. The van der Waals surface area contributed by atoms with Gasteiger partial charge in [-0.05, 0) is 56.3 Å². The van der Waals surface area contributed by atoms with Crippen molar-refractivity contribution in [1.29, 1.82) is 0 Å². The van der Waals surface area contributed by atoms with E-state index >= 15 is 0 Å². The second kappa shape index (κ2) is 10.7. The summed E-state index contributed by atoms with van der Waals surface area (Å²) in [5.74, 6) is 1.13. The molecular weight excluding hydrogens is 482 g/mol. The quantitative estimate of drug-likeness (QED) is 0.444. The molecule has 0 amide bonds. The summed E-state index contributed by atoms with van der Waals surface area (Å²) in [4.78, 5) is 4.89. The maximum atomic E-state index is 13.7. The summed E-state index contributed by atoms with van der Waals surface area (Å²) in [5.41, 5.74) is 2.74. The molecule has 0 saturated carbocycles. The second-order valence-corrected chi connectivity index (χ2v) is 11.9. The first kappa shape index (κ1) is 25.7. The molecule has 7 nitrogen and oxygen atoms in total. The average molecular weight is 516 g/mol. The van der Waals surface area contributed by atoms with Crippen molar-refractivity contribution in [3.05, 3.63) is 70.9 Å². The second-order valence-electron chi connectivity index (χ2n) is 9.57. The van der Waals surface area contributed by atoms with Crippen molar-refractivity contribution in [3.8, 4) is 5.69 Å². The third-order valence-corrected chi connectivity index (χ3v) is 8.39. The van der Waals surface area contributed by atoms with Crippen LogP contribution in [0.5, 0.6) is 0 Å². The number of benzene rings is 2. The molecule has 0 radical (unpaired) electrons. The molecule has 1 aliphatic rings. The number of halogens is 1. The van der Waals surface area contributed by atoms with Gasteiger partial charge in [0, 0.05) is 49.9 Å². The van der Waals surface area contributed by atoms with Crippen molar-refractivity contribution in [2.75, 3.05) is 44.7 Å². The van der Waals surface area contributed by atoms with Crippen LogP contribution in [-0.2, 0) is 16.6 Å². The van der Waals surface area contributed by atoms with Gasteiger partial charge in [0.1, 0.15) is 5.82 Å². The van der Waals surface area contributed by atoms with E-state index in [9.17, 15) is 8.42 Å². The van der Waals surface area contributed by atoms with E-state index in [0.29, 0.717) is 11.6 Å². The van der Waals surface area contributed by atoms with Crippen LogP contribution in [0, 0.1) is 12.8 Å². The molecular formula is C26H34ClN5O2S. The molecule has 1 aliphatic heterocycles. The molecule has 9 heteroatoms. The van der Waals surface area contributed by atoms with Gasteiger partial charge in [0.2, 0.25) is 10.0 Å². The molecule has 3 aromatic rings. The van der Waals surface area contributed by atoms with E-state index in [1.54, 1.807) is 28.6 Å². The predicted molar refractivity (Wildman–Crippen MR) is 142 cm³/mol. The summed E-state index contributed by atoms with van der Waals surface area (Å²) in [6.45, 7) is 10.3. The summed E-state index contributed by atoms with van der Waals surface area (Å²) < 4.78 is 31.0. The zero-order valence-electron chi connectivity index (χ0n) is 20.9. The van der Waals surface area contributed by atoms with E-state index in [0.717, 1.165) is 48.9 Å². The Balaban J connectivity index is 1.79. The van der Waals surface area contributed by atoms with Crippen LogP contribution >= 0.6 is 11.6 Å². The van der Waals surface area contributed by atoms with Crippen LogP contribution in [-0.4, -0.2) is 67.2 Å². The van der Waals surface area contributed by atoms with Gasteiger partial charge in [-0.3, -0.25) is 0 Å². The fourth-order valence-corrected chi connectivity index (χ4v) is 6.11. The lowest BCUT2D eigenvalue weighted by atomic mass is 10.2. The monoisotopic (exact) mass is 515 g/mol. The van der Waals surface area contributed by atoms with Gasteiger partial charge in [-0.2, -0.15) is 9.40 Å². The minimum absolute atomic E-state index is 0.161. The third kappa shape index (κ3) is 5.72. The average Bonchev–Trinajstić information content (AvgIpc) is 3.15. The topological polar surface area (TPSA) is 61.7 Å². The van der Waals surface area contributed by atoms with E-state index in [1.807, 2.05) is 55.8 Å². The van der Waals surface area contributed by atoms with Crippen molar-refractivity contribution in [2.24, 2.45) is 5.92 Å². The molecule has 0 aliphatic carbocycles. The van der Waals surface area contributed by atoms with Gasteiger partial charge in [-0.1, -0.05) is 43.6 Å². The number of piperazine rings is 1. The smallest absolute Gasteiger partial charge is 0.243 e. The highest BCUT2D eigenvalue weighted by Crippen LogP contribution is 2.31. The first-order valence-electron chi connectivity index (χ1n) is 12.0. The molecule has 0 N–H and O–H groups in total. The number of sulfonamides is 1. The normalized spacial score (nSPS) is 15.3. The number of nitrogens with zero attached hydrogens (tertiary/aromatic N) is 5. The minimum atomic E-state index is -3.73. The Bertz CT molecular complexity index is 1230. The van der Waals surface area contributed by atoms with Crippen LogP contribution in [0.2, 0.25) is 5.02 Å². The number of hydrogen-bond donors (Lipinski definition) is 0. The molecule has 0 bridgehead atoms. The van der Waals surface area contributed by atoms with Crippen LogP contribution in [0.3, 0.4) is 0 Å². The number of rotatable bonds is 8. The van der Waals surface area contributed by atoms with Crippen LogP contribution in [0.1, 0.15) is 25.1 Å². The molecule has 35 heavy (non-hydrogen) atoms. The Kier molecular flexibility index (Phi) is 7.86. The first-order chi connectivity index (χ1) is 16.7. The summed E-state index contributed by atoms with van der Waals surface area (Å²) >= 11 is 6.03. The minimum Gasteiger partial charge on any atom is -0.354 e. The maximum absolute atomic E-state index is 13.7. The van der Waals surface area contributed by atoms with Gasteiger partial charge < -0.3 is 9.80 Å². The zero-order valence-corrected chi connectivity index (χ0v) is 22.4. The fourth-order valence-electron chi connectivity index (χ4n) is 4.41. The zero-order chi connectivity index (χ0) is 25.2. The van der Waals surface area contributed by atoms with Gasteiger partial charge in [-0.15, -0.1) is 0 Å². The standard InChI is InChI=1S/C26H34ClN5O2S/c1-20(2)18-31(35(33,34)24-12-10-22(27)11-13-24)19-25-21(3)28-32(23-8-6-5-7-9-23)26(25)30-16-14-29(4)15-17-30/h5-13,20H,14-19H2,1-4H3. The lowest BCUT2D eigenvalue weighted by Gasteiger charge is -2.35. The van der Waals surface area contributed by atoms with Crippen molar-refractivity contribution in [2.45, 2.75) is 32.2 Å². The van der Waals surface area contributed by atoms with Crippen LogP contribution in [0.15, 0.2) is 59.5 Å². The molecule has 1 saturated heterocycles. The van der Waals surface area contributed by atoms with E-state index in [-0.39, 0.29) is 17.4 Å². The Morgan fingerprint density at radius 1 is 1.00 bits per heavy atom. The molecule has 188 valence electrons. The van der Waals surface area contributed by atoms with Gasteiger partial charge in [0.15, 0.2) is 0 Å². The van der Waals surface area contributed by atoms with Crippen LogP contribution in [0.4, 0.5) is 5.82 Å². The Labute approximate surface area is 214 Å². The predicted octanol–water partition coefficient (Wildman–Crippen LogP) is 4.43. The number of hydrogen-bond acceptors (Lipinski definition) is 5. The molecule has 2 aromatic carbocycles. The van der Waals surface area contributed by atoms with Crippen molar-refractivity contribution in [1.82, 2.24) is 19.0 Å². The fraction of sp³-hybridized carbons (Fsp3) is 0.423. The van der Waals surface area contributed by atoms with Crippen molar-refractivity contribution < 1.29 is 8.42 Å². The Morgan fingerprint density at radius 2 is 1.63 bits per heavy atom. The van der Waals surface area contributed by atoms with Crippen LogP contribution in [0.25, 0.3) is 5.69 Å². The van der Waals surface area contributed by atoms with Crippen LogP contribution < -0.4 is 4.90 Å². The lowest BCUT2D eigenvalue weighted by molar-refractivity contribution is 0.310. The SMILES string of the molecule is Cc1nn(-c2ccccc2)c(N2CCN(C)CC2)c1CN(CC(C)C)S(=O)(=O)c1ccc(Cl)cc1. The molecule has 4 rings (SSSR count). The van der Waals surface area contributed by atoms with E-state index in [4.69, 9.17) is 16.7 Å². The van der Waals surface area contributed by atoms with Gasteiger partial charge in [-0.25, -0.2) is 13.1 Å². The highest BCUT2D eigenvalue weighted by molar-refractivity contribution is 7.89. The Morgan fingerprint density at radius 3 is 2.23 bits per heavy atom. The number of aryl methyl sites for hydroxylation is 1. The maximum Gasteiger partial charge on any atom is 0.243 e. The molecule has 1 aromatic heterocycles. The number of aromatic nitrogens is 2. The van der Waals surface area contributed by atoms with Gasteiger partial charge in [0.05, 0.1) is 16.3 Å².